The minimum Gasteiger partial charge on any atom is -0.352 e. The predicted molar refractivity (Wildman–Crippen MR) is 125 cm³/mol. The summed E-state index contributed by atoms with van der Waals surface area (Å²) in [6.45, 7) is 2.57. The second kappa shape index (κ2) is 10.6. The highest BCUT2D eigenvalue weighted by Crippen LogP contribution is 2.22. The lowest BCUT2D eigenvalue weighted by Gasteiger charge is -2.14. The van der Waals surface area contributed by atoms with Crippen molar-refractivity contribution >= 4 is 33.2 Å². The fourth-order valence-electron chi connectivity index (χ4n) is 3.03. The van der Waals surface area contributed by atoms with Crippen LogP contribution in [0.5, 0.6) is 0 Å². The van der Waals surface area contributed by atoms with Gasteiger partial charge in [0.05, 0.1) is 27.4 Å². The molecule has 3 aromatic rings. The van der Waals surface area contributed by atoms with Crippen molar-refractivity contribution in [1.82, 2.24) is 5.32 Å². The molecule has 0 unspecified atom stereocenters. The molecule has 0 spiro atoms. The summed E-state index contributed by atoms with van der Waals surface area (Å²) in [5, 5.41) is 5.56. The van der Waals surface area contributed by atoms with Gasteiger partial charge in [-0.3, -0.25) is 14.3 Å². The molecular weight excluding hydrogens is 426 g/mol. The lowest BCUT2D eigenvalue weighted by Crippen LogP contribution is -2.26. The second-order valence-corrected chi connectivity index (χ2v) is 8.76. The van der Waals surface area contributed by atoms with Crippen LogP contribution in [-0.2, 0) is 10.0 Å². The average Bonchev–Trinajstić information content (AvgIpc) is 2.80. The first-order chi connectivity index (χ1) is 15.4. The van der Waals surface area contributed by atoms with Crippen LogP contribution in [0.4, 0.5) is 11.4 Å². The Hall–Kier alpha value is -3.65. The Balaban J connectivity index is 1.83. The molecule has 0 aliphatic carbocycles. The summed E-state index contributed by atoms with van der Waals surface area (Å²) in [5.41, 5.74) is 0.943. The number of anilines is 2. The van der Waals surface area contributed by atoms with Crippen molar-refractivity contribution in [2.75, 3.05) is 16.6 Å². The SMILES string of the molecule is CCCCNC(=O)c1ccccc1NC(=O)c1ccccc1NS(=O)(=O)c1ccccc1. The third kappa shape index (κ3) is 5.73. The molecule has 32 heavy (non-hydrogen) atoms. The molecule has 3 N–H and O–H groups in total. The van der Waals surface area contributed by atoms with E-state index in [9.17, 15) is 18.0 Å². The van der Waals surface area contributed by atoms with Crippen molar-refractivity contribution < 1.29 is 18.0 Å². The van der Waals surface area contributed by atoms with Crippen LogP contribution in [0.3, 0.4) is 0 Å². The fourth-order valence-corrected chi connectivity index (χ4v) is 4.13. The third-order valence-corrected chi connectivity index (χ3v) is 6.09. The summed E-state index contributed by atoms with van der Waals surface area (Å²) >= 11 is 0. The molecule has 3 rings (SSSR count). The number of hydrogen-bond donors (Lipinski definition) is 3. The first-order valence-electron chi connectivity index (χ1n) is 10.3. The van der Waals surface area contributed by atoms with Gasteiger partial charge in [-0.15, -0.1) is 0 Å². The number of carbonyl (C=O) groups excluding carboxylic acids is 2. The molecule has 0 bridgehead atoms. The van der Waals surface area contributed by atoms with Gasteiger partial charge in [0.1, 0.15) is 0 Å². The van der Waals surface area contributed by atoms with Gasteiger partial charge in [0.2, 0.25) is 0 Å². The van der Waals surface area contributed by atoms with E-state index in [2.05, 4.69) is 15.4 Å². The number of nitrogens with one attached hydrogen (secondary N) is 3. The number of hydrogen-bond acceptors (Lipinski definition) is 4. The Bertz CT molecular complexity index is 1190. The monoisotopic (exact) mass is 451 g/mol. The van der Waals surface area contributed by atoms with E-state index in [0.717, 1.165) is 12.8 Å². The van der Waals surface area contributed by atoms with E-state index >= 15 is 0 Å². The maximum atomic E-state index is 13.0. The lowest BCUT2D eigenvalue weighted by atomic mass is 10.1. The molecular formula is C24H25N3O4S. The first kappa shape index (κ1) is 23.0. The first-order valence-corrected chi connectivity index (χ1v) is 11.8. The van der Waals surface area contributed by atoms with E-state index in [1.54, 1.807) is 54.6 Å². The number of unbranched alkanes of at least 4 members (excludes halogenated alkanes) is 1. The molecule has 0 atom stereocenters. The van der Waals surface area contributed by atoms with E-state index in [0.29, 0.717) is 17.8 Å². The lowest BCUT2D eigenvalue weighted by molar-refractivity contribution is 0.0954. The minimum atomic E-state index is -3.87. The summed E-state index contributed by atoms with van der Waals surface area (Å²) in [4.78, 5) is 25.6. The highest BCUT2D eigenvalue weighted by Gasteiger charge is 2.20. The van der Waals surface area contributed by atoms with Crippen LogP contribution in [-0.4, -0.2) is 26.8 Å². The number of rotatable bonds is 9. The topological polar surface area (TPSA) is 104 Å². The molecule has 166 valence electrons. The molecule has 3 aromatic carbocycles. The largest absolute Gasteiger partial charge is 0.352 e. The van der Waals surface area contributed by atoms with E-state index < -0.39 is 15.9 Å². The molecule has 0 saturated heterocycles. The maximum absolute atomic E-state index is 13.0. The van der Waals surface area contributed by atoms with Gasteiger partial charge >= 0.3 is 0 Å². The van der Waals surface area contributed by atoms with E-state index in [1.165, 1.54) is 24.3 Å². The van der Waals surface area contributed by atoms with Gasteiger partial charge in [-0.1, -0.05) is 55.8 Å². The number of para-hydroxylation sites is 2. The van der Waals surface area contributed by atoms with E-state index in [1.807, 2.05) is 6.92 Å². The van der Waals surface area contributed by atoms with Crippen LogP contribution >= 0.6 is 0 Å². The van der Waals surface area contributed by atoms with Crippen LogP contribution in [0.2, 0.25) is 0 Å². The van der Waals surface area contributed by atoms with Gasteiger partial charge in [0.15, 0.2) is 0 Å². The second-order valence-electron chi connectivity index (χ2n) is 7.07. The molecule has 0 aliphatic rings. The van der Waals surface area contributed by atoms with Gasteiger partial charge in [-0.2, -0.15) is 0 Å². The quantitative estimate of drug-likeness (QED) is 0.423. The van der Waals surface area contributed by atoms with Crippen LogP contribution in [0.1, 0.15) is 40.5 Å². The fraction of sp³-hybridized carbons (Fsp3) is 0.167. The van der Waals surface area contributed by atoms with Gasteiger partial charge < -0.3 is 10.6 Å². The van der Waals surface area contributed by atoms with Gasteiger partial charge in [0, 0.05) is 6.54 Å². The van der Waals surface area contributed by atoms with Crippen LogP contribution in [0.15, 0.2) is 83.8 Å². The van der Waals surface area contributed by atoms with Gasteiger partial charge in [-0.05, 0) is 42.8 Å². The molecule has 7 nitrogen and oxygen atoms in total. The minimum absolute atomic E-state index is 0.0873. The Kier molecular flexibility index (Phi) is 7.62. The zero-order valence-corrected chi connectivity index (χ0v) is 18.5. The summed E-state index contributed by atoms with van der Waals surface area (Å²) in [7, 11) is -3.87. The normalized spacial score (nSPS) is 10.9. The smallest absolute Gasteiger partial charge is 0.261 e. The third-order valence-electron chi connectivity index (χ3n) is 4.71. The Morgan fingerprint density at radius 1 is 0.750 bits per heavy atom. The van der Waals surface area contributed by atoms with Gasteiger partial charge in [0.25, 0.3) is 21.8 Å². The van der Waals surface area contributed by atoms with Crippen LogP contribution in [0.25, 0.3) is 0 Å². The van der Waals surface area contributed by atoms with E-state index in [-0.39, 0.29) is 22.1 Å². The summed E-state index contributed by atoms with van der Waals surface area (Å²) in [6.07, 6.45) is 1.81. The Morgan fingerprint density at radius 2 is 1.31 bits per heavy atom. The standard InChI is InChI=1S/C24H25N3O4S/c1-2-3-17-25-23(28)19-13-7-9-15-21(19)26-24(29)20-14-8-10-16-22(20)27-32(30,31)18-11-5-4-6-12-18/h4-16,27H,2-3,17H2,1H3,(H,25,28)(H,26,29). The molecule has 0 fully saturated rings. The highest BCUT2D eigenvalue weighted by molar-refractivity contribution is 7.92. The number of carbonyl (C=O) groups is 2. The zero-order chi connectivity index (χ0) is 23.0. The molecule has 2 amide bonds. The average molecular weight is 452 g/mol. The molecule has 8 heteroatoms. The van der Waals surface area contributed by atoms with E-state index in [4.69, 9.17) is 0 Å². The number of sulfonamides is 1. The molecule has 0 aliphatic heterocycles. The van der Waals surface area contributed by atoms with Crippen molar-refractivity contribution in [3.8, 4) is 0 Å². The molecule has 0 aromatic heterocycles. The van der Waals surface area contributed by atoms with Crippen LogP contribution < -0.4 is 15.4 Å². The van der Waals surface area contributed by atoms with Crippen molar-refractivity contribution in [3.05, 3.63) is 90.0 Å². The van der Waals surface area contributed by atoms with Crippen molar-refractivity contribution in [2.45, 2.75) is 24.7 Å². The summed E-state index contributed by atoms with van der Waals surface area (Å²) in [5.74, 6) is -0.822. The summed E-state index contributed by atoms with van der Waals surface area (Å²) < 4.78 is 27.9. The maximum Gasteiger partial charge on any atom is 0.261 e. The van der Waals surface area contributed by atoms with Crippen molar-refractivity contribution in [2.24, 2.45) is 0 Å². The van der Waals surface area contributed by atoms with Crippen LogP contribution in [0, 0.1) is 0 Å². The highest BCUT2D eigenvalue weighted by atomic mass is 32.2. The molecule has 0 saturated carbocycles. The van der Waals surface area contributed by atoms with Crippen molar-refractivity contribution in [1.29, 1.82) is 0 Å². The zero-order valence-electron chi connectivity index (χ0n) is 17.7. The molecule has 0 heterocycles. The predicted octanol–water partition coefficient (Wildman–Crippen LogP) is 4.27. The van der Waals surface area contributed by atoms with Gasteiger partial charge in [-0.25, -0.2) is 8.42 Å². The Morgan fingerprint density at radius 3 is 1.97 bits per heavy atom. The molecule has 0 radical (unpaired) electrons. The number of benzene rings is 3. The number of amides is 2. The Labute approximate surface area is 187 Å². The van der Waals surface area contributed by atoms with Crippen molar-refractivity contribution in [3.63, 3.8) is 0 Å². The summed E-state index contributed by atoms with van der Waals surface area (Å²) in [6, 6.07) is 20.9.